The normalized spacial score (nSPS) is 15.2. The number of nitrogens with zero attached hydrogens (tertiary/aromatic N) is 1. The molecule has 3 heterocycles. The number of hydrogen-bond donors (Lipinski definition) is 1. The summed E-state index contributed by atoms with van der Waals surface area (Å²) < 4.78 is 26.9. The van der Waals surface area contributed by atoms with Crippen molar-refractivity contribution >= 4 is 16.9 Å². The summed E-state index contributed by atoms with van der Waals surface area (Å²) in [6, 6.07) is 5.97. The highest BCUT2D eigenvalue weighted by Gasteiger charge is 2.30. The molecule has 34 heavy (non-hydrogen) atoms. The van der Waals surface area contributed by atoms with E-state index in [0.717, 1.165) is 0 Å². The molecule has 2 aromatic heterocycles. The van der Waals surface area contributed by atoms with E-state index in [0.29, 0.717) is 49.9 Å². The first kappa shape index (κ1) is 23.5. The van der Waals surface area contributed by atoms with E-state index in [1.165, 1.54) is 32.6 Å². The predicted octanol–water partition coefficient (Wildman–Crippen LogP) is 1.99. The maximum Gasteiger partial charge on any atom is 0.306 e. The second-order valence-electron chi connectivity index (χ2n) is 7.89. The molecule has 0 amide bonds. The molecule has 1 aliphatic heterocycles. The Morgan fingerprint density at radius 2 is 1.94 bits per heavy atom. The lowest BCUT2D eigenvalue weighted by Gasteiger charge is -2.26. The first-order valence-electron chi connectivity index (χ1n) is 10.7. The van der Waals surface area contributed by atoms with Gasteiger partial charge in [-0.15, -0.1) is 0 Å². The largest absolute Gasteiger partial charge is 0.502 e. The van der Waals surface area contributed by atoms with Crippen LogP contribution in [0.3, 0.4) is 0 Å². The van der Waals surface area contributed by atoms with Crippen molar-refractivity contribution in [3.05, 3.63) is 68.1 Å². The Labute approximate surface area is 194 Å². The van der Waals surface area contributed by atoms with Crippen LogP contribution in [0.5, 0.6) is 11.5 Å². The van der Waals surface area contributed by atoms with Crippen LogP contribution in [0.15, 0.2) is 49.0 Å². The van der Waals surface area contributed by atoms with Gasteiger partial charge >= 0.3 is 5.97 Å². The van der Waals surface area contributed by atoms with Crippen LogP contribution in [0.1, 0.15) is 29.4 Å². The third kappa shape index (κ3) is 4.82. The second-order valence-corrected chi connectivity index (χ2v) is 7.89. The predicted molar refractivity (Wildman–Crippen MR) is 120 cm³/mol. The van der Waals surface area contributed by atoms with E-state index >= 15 is 0 Å². The van der Waals surface area contributed by atoms with Crippen molar-refractivity contribution in [1.82, 2.24) is 4.90 Å². The molecular formula is C24H25NO9. The van der Waals surface area contributed by atoms with Crippen LogP contribution < -0.4 is 15.6 Å². The van der Waals surface area contributed by atoms with Gasteiger partial charge in [-0.2, -0.15) is 0 Å². The molecule has 4 rings (SSSR count). The fourth-order valence-electron chi connectivity index (χ4n) is 3.94. The first-order valence-corrected chi connectivity index (χ1v) is 10.7. The molecule has 1 N–H and O–H groups in total. The zero-order valence-electron chi connectivity index (χ0n) is 18.9. The first-order chi connectivity index (χ1) is 16.4. The zero-order valence-corrected chi connectivity index (χ0v) is 18.9. The van der Waals surface area contributed by atoms with Gasteiger partial charge < -0.3 is 28.2 Å². The lowest BCUT2D eigenvalue weighted by Crippen LogP contribution is -2.35. The van der Waals surface area contributed by atoms with Crippen LogP contribution in [0, 0.1) is 0 Å². The number of hydrogen-bond acceptors (Lipinski definition) is 10. The van der Waals surface area contributed by atoms with Crippen LogP contribution in [0.25, 0.3) is 11.0 Å². The Hall–Kier alpha value is -3.63. The Morgan fingerprint density at radius 3 is 2.65 bits per heavy atom. The standard InChI is InChI=1S/C24H25NO9/c1-30-14-3-4-20-17(9-14)22(28)18(13-33-20)16(11-21(27)31-2)24-23(29)19(26)10-15(34-24)12-25-5-7-32-8-6-25/h3-4,9-10,13,16,29H,5-8,11-12H2,1-2H3. The molecule has 1 aromatic carbocycles. The molecule has 1 saturated heterocycles. The van der Waals surface area contributed by atoms with Gasteiger partial charge in [-0.1, -0.05) is 0 Å². The minimum atomic E-state index is -1.11. The smallest absolute Gasteiger partial charge is 0.306 e. The summed E-state index contributed by atoms with van der Waals surface area (Å²) >= 11 is 0. The van der Waals surface area contributed by atoms with Crippen molar-refractivity contribution in [3.8, 4) is 11.5 Å². The van der Waals surface area contributed by atoms with E-state index in [4.69, 9.17) is 23.0 Å². The lowest BCUT2D eigenvalue weighted by molar-refractivity contribution is -0.140. The van der Waals surface area contributed by atoms with Gasteiger partial charge in [0.15, 0.2) is 11.2 Å². The molecule has 3 aromatic rings. The van der Waals surface area contributed by atoms with Crippen molar-refractivity contribution in [3.63, 3.8) is 0 Å². The summed E-state index contributed by atoms with van der Waals surface area (Å²) in [6.07, 6.45) is 0.854. The topological polar surface area (TPSA) is 129 Å². The number of morpholine rings is 1. The molecule has 1 unspecified atom stereocenters. The third-order valence-electron chi connectivity index (χ3n) is 5.78. The monoisotopic (exact) mass is 471 g/mol. The molecule has 0 radical (unpaired) electrons. The van der Waals surface area contributed by atoms with Gasteiger partial charge in [-0.05, 0) is 18.2 Å². The van der Waals surface area contributed by atoms with E-state index in [-0.39, 0.29) is 23.1 Å². The number of carbonyl (C=O) groups excluding carboxylic acids is 1. The summed E-state index contributed by atoms with van der Waals surface area (Å²) in [5, 5.41) is 10.8. The van der Waals surface area contributed by atoms with E-state index < -0.39 is 28.5 Å². The van der Waals surface area contributed by atoms with Crippen molar-refractivity contribution < 1.29 is 32.9 Å². The van der Waals surface area contributed by atoms with Gasteiger partial charge in [-0.25, -0.2) is 0 Å². The summed E-state index contributed by atoms with van der Waals surface area (Å²) in [5.74, 6) is -1.90. The summed E-state index contributed by atoms with van der Waals surface area (Å²) in [4.78, 5) is 40.3. The number of aromatic hydroxyl groups is 1. The van der Waals surface area contributed by atoms with Gasteiger partial charge in [-0.3, -0.25) is 19.3 Å². The lowest BCUT2D eigenvalue weighted by atomic mass is 9.92. The molecule has 1 aliphatic rings. The molecule has 0 bridgehead atoms. The van der Waals surface area contributed by atoms with E-state index in [9.17, 15) is 19.5 Å². The average Bonchev–Trinajstić information content (AvgIpc) is 2.85. The van der Waals surface area contributed by atoms with E-state index in [2.05, 4.69) is 0 Å². The molecule has 10 heteroatoms. The summed E-state index contributed by atoms with van der Waals surface area (Å²) in [7, 11) is 2.68. The third-order valence-corrected chi connectivity index (χ3v) is 5.78. The molecule has 1 atom stereocenters. The van der Waals surface area contributed by atoms with Crippen molar-refractivity contribution in [1.29, 1.82) is 0 Å². The highest BCUT2D eigenvalue weighted by atomic mass is 16.5. The van der Waals surface area contributed by atoms with Gasteiger partial charge in [0.25, 0.3) is 0 Å². The highest BCUT2D eigenvalue weighted by Crippen LogP contribution is 2.33. The zero-order chi connectivity index (χ0) is 24.2. The molecular weight excluding hydrogens is 446 g/mol. The van der Waals surface area contributed by atoms with Gasteiger partial charge in [0.05, 0.1) is 58.0 Å². The highest BCUT2D eigenvalue weighted by molar-refractivity contribution is 5.79. The van der Waals surface area contributed by atoms with Crippen LogP contribution in [0.2, 0.25) is 0 Å². The molecule has 180 valence electrons. The van der Waals surface area contributed by atoms with Crippen LogP contribution in [0.4, 0.5) is 0 Å². The Kier molecular flexibility index (Phi) is 6.99. The maximum absolute atomic E-state index is 13.4. The molecule has 0 saturated carbocycles. The molecule has 0 aliphatic carbocycles. The molecule has 1 fully saturated rings. The fraction of sp³-hybridized carbons (Fsp3) is 0.375. The number of ether oxygens (including phenoxy) is 3. The minimum Gasteiger partial charge on any atom is -0.502 e. The van der Waals surface area contributed by atoms with E-state index in [1.54, 1.807) is 12.1 Å². The maximum atomic E-state index is 13.4. The quantitative estimate of drug-likeness (QED) is 0.511. The van der Waals surface area contributed by atoms with Crippen molar-refractivity contribution in [2.75, 3.05) is 40.5 Å². The van der Waals surface area contributed by atoms with Crippen LogP contribution in [-0.4, -0.2) is 56.5 Å². The van der Waals surface area contributed by atoms with Crippen LogP contribution in [-0.2, 0) is 20.8 Å². The Bertz CT molecular complexity index is 1300. The number of esters is 1. The number of benzene rings is 1. The fourth-order valence-corrected chi connectivity index (χ4v) is 3.94. The van der Waals surface area contributed by atoms with E-state index in [1.807, 2.05) is 4.90 Å². The Morgan fingerprint density at radius 1 is 1.18 bits per heavy atom. The average molecular weight is 471 g/mol. The van der Waals surface area contributed by atoms with Crippen LogP contribution >= 0.6 is 0 Å². The van der Waals surface area contributed by atoms with Gasteiger partial charge in [0.1, 0.15) is 17.1 Å². The van der Waals surface area contributed by atoms with Crippen molar-refractivity contribution in [2.24, 2.45) is 0 Å². The molecule has 10 nitrogen and oxygen atoms in total. The number of fused-ring (bicyclic) bond motifs is 1. The van der Waals surface area contributed by atoms with Gasteiger partial charge in [0, 0.05) is 24.7 Å². The number of methoxy groups -OCH3 is 2. The second kappa shape index (κ2) is 10.1. The molecule has 0 spiro atoms. The van der Waals surface area contributed by atoms with Gasteiger partial charge in [0.2, 0.25) is 11.2 Å². The number of rotatable bonds is 7. The summed E-state index contributed by atoms with van der Waals surface area (Å²) in [6.45, 7) is 2.73. The minimum absolute atomic E-state index is 0.0353. The summed E-state index contributed by atoms with van der Waals surface area (Å²) in [5.41, 5.74) is -0.771. The number of carbonyl (C=O) groups is 1. The Balaban J connectivity index is 1.83. The SMILES string of the molecule is COC(=O)CC(c1oc(CN2CCOCC2)cc(=O)c1O)c1coc2ccc(OC)cc2c1=O. The van der Waals surface area contributed by atoms with Crippen molar-refractivity contribution in [2.45, 2.75) is 18.9 Å².